The lowest BCUT2D eigenvalue weighted by Gasteiger charge is -2.05. The minimum atomic E-state index is 0.775. The topological polar surface area (TPSA) is 35.0 Å². The molecule has 0 N–H and O–H groups in total. The number of ether oxygens (including phenoxy) is 1. The third-order valence-electron chi connectivity index (χ3n) is 2.56. The van der Waals surface area contributed by atoms with Gasteiger partial charge in [-0.3, -0.25) is 4.98 Å². The van der Waals surface area contributed by atoms with Crippen molar-refractivity contribution in [3.8, 4) is 17.0 Å². The van der Waals surface area contributed by atoms with E-state index in [9.17, 15) is 0 Å². The largest absolute Gasteiger partial charge is 0.494 e. The number of rotatable bonds is 2. The first-order valence-corrected chi connectivity index (χ1v) is 5.97. The molecule has 0 atom stereocenters. The van der Waals surface area contributed by atoms with Gasteiger partial charge in [0, 0.05) is 11.8 Å². The molecule has 17 heavy (non-hydrogen) atoms. The van der Waals surface area contributed by atoms with Gasteiger partial charge in [0.1, 0.15) is 11.3 Å². The Morgan fingerprint density at radius 2 is 2.18 bits per heavy atom. The van der Waals surface area contributed by atoms with E-state index in [0.29, 0.717) is 0 Å². The first kappa shape index (κ1) is 10.2. The number of hydrogen-bond acceptors (Lipinski definition) is 4. The second-order valence-electron chi connectivity index (χ2n) is 3.51. The third kappa shape index (κ3) is 1.66. The molecule has 0 saturated carbocycles. The number of pyridine rings is 1. The molecule has 0 aliphatic heterocycles. The van der Waals surface area contributed by atoms with Gasteiger partial charge in [-0.25, -0.2) is 4.98 Å². The first-order chi connectivity index (χ1) is 8.40. The summed E-state index contributed by atoms with van der Waals surface area (Å²) in [5.74, 6) is 0.775. The molecule has 1 radical (unpaired) electrons. The fourth-order valence-corrected chi connectivity index (χ4v) is 2.52. The summed E-state index contributed by atoms with van der Waals surface area (Å²) in [6.07, 6.45) is 1.79. The van der Waals surface area contributed by atoms with E-state index in [2.05, 4.69) is 15.5 Å². The van der Waals surface area contributed by atoms with Gasteiger partial charge < -0.3 is 4.74 Å². The second kappa shape index (κ2) is 4.14. The molecular weight excluding hydrogens is 232 g/mol. The number of methoxy groups -OCH3 is 1. The molecule has 0 aliphatic carbocycles. The van der Waals surface area contributed by atoms with Crippen molar-refractivity contribution in [2.24, 2.45) is 0 Å². The van der Waals surface area contributed by atoms with E-state index in [-0.39, 0.29) is 0 Å². The number of aromatic nitrogens is 2. The summed E-state index contributed by atoms with van der Waals surface area (Å²) in [6.45, 7) is 0. The van der Waals surface area contributed by atoms with Crippen LogP contribution in [0.15, 0.2) is 36.5 Å². The summed E-state index contributed by atoms with van der Waals surface area (Å²) >= 11 is 1.48. The highest BCUT2D eigenvalue weighted by molar-refractivity contribution is 7.17. The molecule has 1 aromatic carbocycles. The zero-order chi connectivity index (χ0) is 11.7. The van der Waals surface area contributed by atoms with Crippen LogP contribution in [0, 0.1) is 5.51 Å². The van der Waals surface area contributed by atoms with Gasteiger partial charge in [0.2, 0.25) is 0 Å². The maximum atomic E-state index is 5.28. The SMILES string of the molecule is COc1ccc(-c2ccccn2)c2s[c]nc12. The maximum absolute atomic E-state index is 5.28. The van der Waals surface area contributed by atoms with E-state index in [1.807, 2.05) is 30.3 Å². The fourth-order valence-electron chi connectivity index (χ4n) is 1.76. The zero-order valence-electron chi connectivity index (χ0n) is 9.18. The standard InChI is InChI=1S/C13H9N2OS/c1-16-11-6-5-9(10-4-2-3-7-14-10)13-12(11)15-8-17-13/h2-7H,1H3. The van der Waals surface area contributed by atoms with Crippen LogP contribution in [0.25, 0.3) is 21.5 Å². The van der Waals surface area contributed by atoms with E-state index in [1.54, 1.807) is 13.3 Å². The van der Waals surface area contributed by atoms with Crippen LogP contribution in [0.3, 0.4) is 0 Å². The van der Waals surface area contributed by atoms with Crippen molar-refractivity contribution in [3.05, 3.63) is 42.0 Å². The molecule has 0 spiro atoms. The molecule has 2 heterocycles. The number of thiazole rings is 1. The van der Waals surface area contributed by atoms with E-state index in [0.717, 1.165) is 27.2 Å². The van der Waals surface area contributed by atoms with E-state index < -0.39 is 0 Å². The molecule has 0 bridgehead atoms. The predicted octanol–water partition coefficient (Wildman–Crippen LogP) is 3.17. The van der Waals surface area contributed by atoms with Crippen LogP contribution >= 0.6 is 11.3 Å². The van der Waals surface area contributed by atoms with Crippen LogP contribution in [0.2, 0.25) is 0 Å². The molecule has 3 aromatic rings. The van der Waals surface area contributed by atoms with Crippen molar-refractivity contribution in [3.63, 3.8) is 0 Å². The Bertz CT molecular complexity index is 649. The first-order valence-electron chi connectivity index (χ1n) is 5.15. The van der Waals surface area contributed by atoms with Crippen LogP contribution in [0.4, 0.5) is 0 Å². The van der Waals surface area contributed by atoms with Crippen molar-refractivity contribution >= 4 is 21.6 Å². The van der Waals surface area contributed by atoms with Gasteiger partial charge in [-0.1, -0.05) is 6.07 Å². The third-order valence-corrected chi connectivity index (χ3v) is 3.36. The number of fused-ring (bicyclic) bond motifs is 1. The molecular formula is C13H9N2OS. The lowest BCUT2D eigenvalue weighted by molar-refractivity contribution is 0.419. The molecule has 3 rings (SSSR count). The molecule has 83 valence electrons. The van der Waals surface area contributed by atoms with E-state index in [1.165, 1.54) is 11.3 Å². The van der Waals surface area contributed by atoms with Gasteiger partial charge in [-0.2, -0.15) is 0 Å². The minimum absolute atomic E-state index is 0.775. The van der Waals surface area contributed by atoms with Gasteiger partial charge >= 0.3 is 0 Å². The maximum Gasteiger partial charge on any atom is 0.153 e. The molecule has 0 fully saturated rings. The summed E-state index contributed by atoms with van der Waals surface area (Å²) in [5, 5.41) is 0. The molecule has 3 nitrogen and oxygen atoms in total. The minimum Gasteiger partial charge on any atom is -0.494 e. The quantitative estimate of drug-likeness (QED) is 0.691. The Labute approximate surface area is 103 Å². The predicted molar refractivity (Wildman–Crippen MR) is 68.2 cm³/mol. The van der Waals surface area contributed by atoms with Crippen molar-refractivity contribution in [1.82, 2.24) is 9.97 Å². The average Bonchev–Trinajstić information content (AvgIpc) is 2.88. The summed E-state index contributed by atoms with van der Waals surface area (Å²) in [4.78, 5) is 8.57. The highest BCUT2D eigenvalue weighted by Crippen LogP contribution is 2.34. The molecule has 0 unspecified atom stereocenters. The summed E-state index contributed by atoms with van der Waals surface area (Å²) in [6, 6.07) is 9.79. The monoisotopic (exact) mass is 241 g/mol. The van der Waals surface area contributed by atoms with Crippen LogP contribution < -0.4 is 4.74 Å². The Balaban J connectivity index is 2.29. The summed E-state index contributed by atoms with van der Waals surface area (Å²) in [7, 11) is 1.65. The summed E-state index contributed by atoms with van der Waals surface area (Å²) in [5.41, 5.74) is 5.77. The van der Waals surface area contributed by atoms with Crippen molar-refractivity contribution < 1.29 is 4.74 Å². The van der Waals surface area contributed by atoms with Gasteiger partial charge in [-0.05, 0) is 24.3 Å². The molecule has 0 saturated heterocycles. The summed E-state index contributed by atoms with van der Waals surface area (Å²) < 4.78 is 6.34. The Morgan fingerprint density at radius 3 is 2.94 bits per heavy atom. The van der Waals surface area contributed by atoms with Gasteiger partial charge in [0.05, 0.1) is 17.5 Å². The van der Waals surface area contributed by atoms with Gasteiger partial charge in [-0.15, -0.1) is 11.3 Å². The smallest absolute Gasteiger partial charge is 0.153 e. The molecule has 0 aliphatic rings. The van der Waals surface area contributed by atoms with Crippen LogP contribution in [-0.4, -0.2) is 17.1 Å². The molecule has 4 heteroatoms. The van der Waals surface area contributed by atoms with E-state index >= 15 is 0 Å². The van der Waals surface area contributed by atoms with Gasteiger partial charge in [0.25, 0.3) is 0 Å². The lowest BCUT2D eigenvalue weighted by atomic mass is 10.1. The Morgan fingerprint density at radius 1 is 1.24 bits per heavy atom. The van der Waals surface area contributed by atoms with Gasteiger partial charge in [0.15, 0.2) is 5.51 Å². The lowest BCUT2D eigenvalue weighted by Crippen LogP contribution is -1.87. The Kier molecular flexibility index (Phi) is 2.49. The zero-order valence-corrected chi connectivity index (χ0v) is 9.99. The highest BCUT2D eigenvalue weighted by atomic mass is 32.1. The molecule has 2 aromatic heterocycles. The number of hydrogen-bond donors (Lipinski definition) is 0. The van der Waals surface area contributed by atoms with Crippen LogP contribution in [0.1, 0.15) is 0 Å². The fraction of sp³-hybridized carbons (Fsp3) is 0.0769. The van der Waals surface area contributed by atoms with Crippen LogP contribution in [-0.2, 0) is 0 Å². The normalized spacial score (nSPS) is 10.6. The highest BCUT2D eigenvalue weighted by Gasteiger charge is 2.11. The second-order valence-corrected chi connectivity index (χ2v) is 4.31. The molecule has 0 amide bonds. The van der Waals surface area contributed by atoms with Crippen LogP contribution in [0.5, 0.6) is 5.75 Å². The van der Waals surface area contributed by atoms with Crippen molar-refractivity contribution in [2.45, 2.75) is 0 Å². The average molecular weight is 241 g/mol. The number of nitrogens with zero attached hydrogens (tertiary/aromatic N) is 2. The Hall–Kier alpha value is -1.94. The van der Waals surface area contributed by atoms with E-state index in [4.69, 9.17) is 4.74 Å². The number of benzene rings is 1. The van der Waals surface area contributed by atoms with Crippen molar-refractivity contribution in [2.75, 3.05) is 7.11 Å². The van der Waals surface area contributed by atoms with Crippen molar-refractivity contribution in [1.29, 1.82) is 0 Å².